The van der Waals surface area contributed by atoms with Gasteiger partial charge in [0.15, 0.2) is 6.29 Å². The third-order valence-electron chi connectivity index (χ3n) is 4.03. The fourth-order valence-electron chi connectivity index (χ4n) is 2.66. The van der Waals surface area contributed by atoms with Crippen LogP contribution >= 0.6 is 11.3 Å². The van der Waals surface area contributed by atoms with Crippen molar-refractivity contribution in [1.82, 2.24) is 9.13 Å². The van der Waals surface area contributed by atoms with Crippen LogP contribution in [0.15, 0.2) is 9.59 Å². The first-order chi connectivity index (χ1) is 10.1. The number of carbonyl (C=O) groups is 1. The van der Waals surface area contributed by atoms with Crippen molar-refractivity contribution in [2.75, 3.05) is 0 Å². The van der Waals surface area contributed by atoms with Gasteiger partial charge in [0, 0.05) is 12.6 Å². The van der Waals surface area contributed by atoms with Gasteiger partial charge in [-0.1, -0.05) is 13.3 Å². The molecule has 0 aliphatic heterocycles. The summed E-state index contributed by atoms with van der Waals surface area (Å²) in [6, 6.07) is 0.0428. The molecule has 3 rings (SSSR count). The molecule has 1 saturated carbocycles. The lowest BCUT2D eigenvalue weighted by molar-refractivity contribution is 0.112. The number of aldehydes is 1. The maximum atomic E-state index is 12.6. The summed E-state index contributed by atoms with van der Waals surface area (Å²) in [6.45, 7) is 4.45. The Labute approximate surface area is 125 Å². The van der Waals surface area contributed by atoms with Gasteiger partial charge in [0.25, 0.3) is 5.56 Å². The molecule has 2 heterocycles. The zero-order chi connectivity index (χ0) is 15.1. The van der Waals surface area contributed by atoms with Gasteiger partial charge in [-0.2, -0.15) is 0 Å². The van der Waals surface area contributed by atoms with E-state index in [1.54, 1.807) is 11.5 Å². The van der Waals surface area contributed by atoms with Crippen LogP contribution in [-0.2, 0) is 6.54 Å². The average Bonchev–Trinajstić information content (AvgIpc) is 3.22. The van der Waals surface area contributed by atoms with E-state index in [1.807, 2.05) is 0 Å². The van der Waals surface area contributed by atoms with Gasteiger partial charge in [0.1, 0.15) is 4.83 Å². The topological polar surface area (TPSA) is 61.1 Å². The van der Waals surface area contributed by atoms with E-state index in [0.29, 0.717) is 27.2 Å². The summed E-state index contributed by atoms with van der Waals surface area (Å²) >= 11 is 1.25. The number of aryl methyl sites for hydroxylation is 2. The van der Waals surface area contributed by atoms with Crippen molar-refractivity contribution in [1.29, 1.82) is 0 Å². The van der Waals surface area contributed by atoms with E-state index in [4.69, 9.17) is 0 Å². The second-order valence-electron chi connectivity index (χ2n) is 5.58. The molecule has 21 heavy (non-hydrogen) atoms. The van der Waals surface area contributed by atoms with E-state index in [9.17, 15) is 14.4 Å². The number of carbonyl (C=O) groups excluding carboxylic acids is 1. The number of fused-ring (bicyclic) bond motifs is 1. The molecule has 0 radical (unpaired) electrons. The zero-order valence-corrected chi connectivity index (χ0v) is 13.0. The molecule has 5 nitrogen and oxygen atoms in total. The second-order valence-corrected chi connectivity index (χ2v) is 6.61. The molecule has 0 spiro atoms. The van der Waals surface area contributed by atoms with E-state index in [0.717, 1.165) is 32.0 Å². The Hall–Kier alpha value is -1.69. The largest absolute Gasteiger partial charge is 0.332 e. The normalized spacial score (nSPS) is 14.8. The highest BCUT2D eigenvalue weighted by atomic mass is 32.1. The van der Waals surface area contributed by atoms with E-state index < -0.39 is 0 Å². The highest BCUT2D eigenvalue weighted by Gasteiger charge is 2.30. The number of hydrogen-bond donors (Lipinski definition) is 0. The fraction of sp³-hybridized carbons (Fsp3) is 0.533. The van der Waals surface area contributed by atoms with Gasteiger partial charge in [-0.05, 0) is 31.7 Å². The lowest BCUT2D eigenvalue weighted by atomic mass is 10.2. The molecule has 0 bridgehead atoms. The third kappa shape index (κ3) is 2.18. The molecule has 1 aliphatic rings. The standard InChI is InChI=1S/C15H18N2O3S/c1-3-4-7-16-14-12(9(2)11(8-18)21-14)13(19)17(15(16)20)10-5-6-10/h8,10H,3-7H2,1-2H3. The summed E-state index contributed by atoms with van der Waals surface area (Å²) in [5.74, 6) is 0. The molecule has 2 aromatic rings. The SMILES string of the molecule is CCCCn1c(=O)n(C2CC2)c(=O)c2c(C)c(C=O)sc21. The monoisotopic (exact) mass is 306 g/mol. The van der Waals surface area contributed by atoms with E-state index in [1.165, 1.54) is 15.9 Å². The third-order valence-corrected chi connectivity index (χ3v) is 5.27. The molecule has 0 aromatic carbocycles. The van der Waals surface area contributed by atoms with E-state index >= 15 is 0 Å². The number of nitrogens with zero attached hydrogens (tertiary/aromatic N) is 2. The molecule has 1 fully saturated rings. The number of unbranched alkanes of at least 4 members (excludes halogenated alkanes) is 1. The minimum atomic E-state index is -0.230. The lowest BCUT2D eigenvalue weighted by Gasteiger charge is -2.11. The molecule has 6 heteroatoms. The quantitative estimate of drug-likeness (QED) is 0.797. The van der Waals surface area contributed by atoms with Crippen LogP contribution in [0.4, 0.5) is 0 Å². The van der Waals surface area contributed by atoms with Crippen molar-refractivity contribution in [3.05, 3.63) is 31.3 Å². The Bertz CT molecular complexity index is 824. The number of thiophene rings is 1. The highest BCUT2D eigenvalue weighted by Crippen LogP contribution is 2.34. The van der Waals surface area contributed by atoms with Gasteiger partial charge in [-0.3, -0.25) is 18.7 Å². The molecule has 0 atom stereocenters. The lowest BCUT2D eigenvalue weighted by Crippen LogP contribution is -2.39. The molecule has 0 N–H and O–H groups in total. The number of aromatic nitrogens is 2. The summed E-state index contributed by atoms with van der Waals surface area (Å²) in [4.78, 5) is 37.6. The van der Waals surface area contributed by atoms with Gasteiger partial charge in [-0.25, -0.2) is 4.79 Å². The van der Waals surface area contributed by atoms with Crippen LogP contribution < -0.4 is 11.2 Å². The van der Waals surface area contributed by atoms with Crippen molar-refractivity contribution in [2.24, 2.45) is 0 Å². The van der Waals surface area contributed by atoms with Crippen LogP contribution in [0.3, 0.4) is 0 Å². The van der Waals surface area contributed by atoms with Gasteiger partial charge in [0.2, 0.25) is 0 Å². The van der Waals surface area contributed by atoms with Gasteiger partial charge < -0.3 is 0 Å². The molecular formula is C15H18N2O3S. The Balaban J connectivity index is 2.39. The zero-order valence-electron chi connectivity index (χ0n) is 12.2. The highest BCUT2D eigenvalue weighted by molar-refractivity contribution is 7.20. The maximum Gasteiger partial charge on any atom is 0.332 e. The Morgan fingerprint density at radius 1 is 1.33 bits per heavy atom. The summed E-state index contributed by atoms with van der Waals surface area (Å²) in [5.41, 5.74) is 0.254. The van der Waals surface area contributed by atoms with Crippen LogP contribution in [0.25, 0.3) is 10.2 Å². The first-order valence-corrected chi connectivity index (χ1v) is 8.15. The van der Waals surface area contributed by atoms with Crippen molar-refractivity contribution >= 4 is 27.8 Å². The fourth-order valence-corrected chi connectivity index (χ4v) is 3.80. The molecule has 2 aromatic heterocycles. The molecular weight excluding hydrogens is 288 g/mol. The minimum absolute atomic E-state index is 0.0428. The molecule has 1 aliphatic carbocycles. The van der Waals surface area contributed by atoms with E-state index in [-0.39, 0.29) is 17.3 Å². The van der Waals surface area contributed by atoms with Crippen molar-refractivity contribution in [3.8, 4) is 0 Å². The molecule has 0 unspecified atom stereocenters. The van der Waals surface area contributed by atoms with Crippen LogP contribution in [0, 0.1) is 6.92 Å². The maximum absolute atomic E-state index is 12.6. The molecule has 112 valence electrons. The minimum Gasteiger partial charge on any atom is -0.297 e. The second kappa shape index (κ2) is 5.26. The van der Waals surface area contributed by atoms with Crippen LogP contribution in [0.1, 0.15) is 53.9 Å². The predicted octanol–water partition coefficient (Wildman–Crippen LogP) is 2.48. The van der Waals surface area contributed by atoms with Crippen molar-refractivity contribution in [3.63, 3.8) is 0 Å². The van der Waals surface area contributed by atoms with Crippen molar-refractivity contribution in [2.45, 2.75) is 52.1 Å². The number of rotatable bonds is 5. The first-order valence-electron chi connectivity index (χ1n) is 7.33. The van der Waals surface area contributed by atoms with Crippen LogP contribution in [0.2, 0.25) is 0 Å². The van der Waals surface area contributed by atoms with Crippen LogP contribution in [0.5, 0.6) is 0 Å². The number of hydrogen-bond acceptors (Lipinski definition) is 4. The smallest absolute Gasteiger partial charge is 0.297 e. The summed E-state index contributed by atoms with van der Waals surface area (Å²) in [6.07, 6.45) is 4.40. The summed E-state index contributed by atoms with van der Waals surface area (Å²) in [5, 5.41) is 0.546. The van der Waals surface area contributed by atoms with Gasteiger partial charge >= 0.3 is 5.69 Å². The first kappa shape index (κ1) is 14.3. The average molecular weight is 306 g/mol. The predicted molar refractivity (Wildman–Crippen MR) is 83.6 cm³/mol. The van der Waals surface area contributed by atoms with Crippen LogP contribution in [-0.4, -0.2) is 15.4 Å². The van der Waals surface area contributed by atoms with Crippen molar-refractivity contribution < 1.29 is 4.79 Å². The van der Waals surface area contributed by atoms with E-state index in [2.05, 4.69) is 6.92 Å². The molecule has 0 saturated heterocycles. The Morgan fingerprint density at radius 3 is 2.62 bits per heavy atom. The summed E-state index contributed by atoms with van der Waals surface area (Å²) in [7, 11) is 0. The van der Waals surface area contributed by atoms with Gasteiger partial charge in [0.05, 0.1) is 10.3 Å². The summed E-state index contributed by atoms with van der Waals surface area (Å²) < 4.78 is 3.08. The Kier molecular flexibility index (Phi) is 3.57. The van der Waals surface area contributed by atoms with Gasteiger partial charge in [-0.15, -0.1) is 11.3 Å². The Morgan fingerprint density at radius 2 is 2.05 bits per heavy atom. The molecule has 0 amide bonds.